The highest BCUT2D eigenvalue weighted by Gasteiger charge is 2.26. The maximum atomic E-state index is 12.4. The number of hydrogen-bond acceptors (Lipinski definition) is 4. The minimum Gasteiger partial charge on any atom is -0.359 e. The Morgan fingerprint density at radius 2 is 2.09 bits per heavy atom. The molecule has 1 unspecified atom stereocenters. The molecule has 0 aromatic carbocycles. The Morgan fingerprint density at radius 1 is 1.35 bits per heavy atom. The first kappa shape index (κ1) is 17.5. The maximum absolute atomic E-state index is 12.4. The number of amides is 2. The lowest BCUT2D eigenvalue weighted by atomic mass is 10.0. The van der Waals surface area contributed by atoms with Gasteiger partial charge in [-0.2, -0.15) is 0 Å². The van der Waals surface area contributed by atoms with Crippen LogP contribution in [-0.4, -0.2) is 55.3 Å². The summed E-state index contributed by atoms with van der Waals surface area (Å²) in [5, 5.41) is 2.61. The Kier molecular flexibility index (Phi) is 5.46. The number of nitrogens with zero attached hydrogens (tertiary/aromatic N) is 2. The molecule has 1 aromatic rings. The number of fused-ring (bicyclic) bond motifs is 1. The van der Waals surface area contributed by atoms with Crippen molar-refractivity contribution in [1.82, 2.24) is 14.8 Å². The zero-order valence-electron chi connectivity index (χ0n) is 13.5. The van der Waals surface area contributed by atoms with Crippen LogP contribution in [0.25, 0.3) is 0 Å². The van der Waals surface area contributed by atoms with Crippen molar-refractivity contribution < 1.29 is 18.0 Å². The molecule has 1 N–H and O–H groups in total. The number of carbonyl (C=O) groups excluding carboxylic acids is 2. The lowest BCUT2D eigenvalue weighted by Crippen LogP contribution is -2.36. The van der Waals surface area contributed by atoms with Crippen molar-refractivity contribution in [1.29, 1.82) is 0 Å². The molecule has 2 heterocycles. The van der Waals surface area contributed by atoms with Crippen LogP contribution < -0.4 is 5.32 Å². The third-order valence-corrected chi connectivity index (χ3v) is 4.95. The maximum Gasteiger partial charge on any atom is 0.223 e. The van der Waals surface area contributed by atoms with Gasteiger partial charge in [0.2, 0.25) is 11.8 Å². The summed E-state index contributed by atoms with van der Waals surface area (Å²) in [6.45, 7) is 1.57. The van der Waals surface area contributed by atoms with E-state index in [1.165, 1.54) is 0 Å². The summed E-state index contributed by atoms with van der Waals surface area (Å²) < 4.78 is 24.6. The smallest absolute Gasteiger partial charge is 0.223 e. The lowest BCUT2D eigenvalue weighted by Gasteiger charge is -2.24. The minimum absolute atomic E-state index is 0.00536. The summed E-state index contributed by atoms with van der Waals surface area (Å²) in [5.41, 5.74) is 0.997. The van der Waals surface area contributed by atoms with Crippen molar-refractivity contribution >= 4 is 21.7 Å². The quantitative estimate of drug-likeness (QED) is 0.818. The number of hydrogen-bond donors (Lipinski definition) is 1. The average molecular weight is 341 g/mol. The Balaban J connectivity index is 2.12. The zero-order chi connectivity index (χ0) is 17.0. The van der Waals surface area contributed by atoms with Crippen molar-refractivity contribution in [3.8, 4) is 0 Å². The molecule has 7 nitrogen and oxygen atoms in total. The second-order valence-corrected chi connectivity index (χ2v) is 8.31. The van der Waals surface area contributed by atoms with E-state index in [9.17, 15) is 18.0 Å². The molecule has 8 heteroatoms. The van der Waals surface area contributed by atoms with E-state index in [-0.39, 0.29) is 29.9 Å². The van der Waals surface area contributed by atoms with Gasteiger partial charge in [0.25, 0.3) is 0 Å². The number of nitrogens with one attached hydrogen (secondary N) is 1. The summed E-state index contributed by atoms with van der Waals surface area (Å²) in [5.74, 6) is -0.393. The molecule has 1 aromatic heterocycles. The van der Waals surface area contributed by atoms with Gasteiger partial charge in [-0.15, -0.1) is 0 Å². The summed E-state index contributed by atoms with van der Waals surface area (Å²) in [6, 6.07) is 3.86. The molecule has 0 spiro atoms. The van der Waals surface area contributed by atoms with Crippen LogP contribution >= 0.6 is 0 Å². The van der Waals surface area contributed by atoms with Gasteiger partial charge in [-0.05, 0) is 12.1 Å². The minimum atomic E-state index is -3.17. The fourth-order valence-electron chi connectivity index (χ4n) is 2.79. The van der Waals surface area contributed by atoms with Crippen LogP contribution in [0.4, 0.5) is 0 Å². The lowest BCUT2D eigenvalue weighted by molar-refractivity contribution is -0.132. The Labute approximate surface area is 136 Å². The molecule has 0 fully saturated rings. The molecule has 1 atom stereocenters. The van der Waals surface area contributed by atoms with E-state index in [2.05, 4.69) is 9.88 Å². The van der Waals surface area contributed by atoms with Crippen LogP contribution in [0.5, 0.6) is 0 Å². The molecule has 0 bridgehead atoms. The van der Waals surface area contributed by atoms with E-state index >= 15 is 0 Å². The van der Waals surface area contributed by atoms with Gasteiger partial charge in [-0.1, -0.05) is 0 Å². The van der Waals surface area contributed by atoms with Crippen molar-refractivity contribution in [2.75, 3.05) is 25.6 Å². The van der Waals surface area contributed by atoms with Crippen LogP contribution in [0.15, 0.2) is 18.3 Å². The average Bonchev–Trinajstić information content (AvgIpc) is 2.82. The standard InChI is InChI=1S/C15H23N3O4S/c1-16-14(19)8-12-9-17-6-3-4-13(17)11-18(10-12)15(20)5-7-23(2,21)22/h3-4,6,12H,5,7-11H2,1-2H3,(H,16,19). The van der Waals surface area contributed by atoms with Crippen LogP contribution in [-0.2, 0) is 32.5 Å². The summed E-state index contributed by atoms with van der Waals surface area (Å²) in [6.07, 6.45) is 3.38. The molecule has 2 rings (SSSR count). The van der Waals surface area contributed by atoms with Crippen LogP contribution in [0, 0.1) is 5.92 Å². The third-order valence-electron chi connectivity index (χ3n) is 4.00. The van der Waals surface area contributed by atoms with Crippen LogP contribution in [0.3, 0.4) is 0 Å². The predicted molar refractivity (Wildman–Crippen MR) is 86.4 cm³/mol. The van der Waals surface area contributed by atoms with E-state index in [4.69, 9.17) is 0 Å². The number of rotatable bonds is 5. The van der Waals surface area contributed by atoms with Gasteiger partial charge in [0, 0.05) is 57.0 Å². The summed E-state index contributed by atoms with van der Waals surface area (Å²) in [7, 11) is -1.58. The first-order chi connectivity index (χ1) is 10.8. The first-order valence-electron chi connectivity index (χ1n) is 7.58. The number of aromatic nitrogens is 1. The molecule has 1 aliphatic heterocycles. The topological polar surface area (TPSA) is 88.5 Å². The van der Waals surface area contributed by atoms with Crippen molar-refractivity contribution in [2.24, 2.45) is 5.92 Å². The molecular formula is C15H23N3O4S. The molecule has 23 heavy (non-hydrogen) atoms. The normalized spacial score (nSPS) is 18.2. The zero-order valence-corrected chi connectivity index (χ0v) is 14.3. The van der Waals surface area contributed by atoms with Gasteiger partial charge in [0.1, 0.15) is 9.84 Å². The summed E-state index contributed by atoms with van der Waals surface area (Å²) in [4.78, 5) is 25.7. The molecule has 0 saturated carbocycles. The highest BCUT2D eigenvalue weighted by Crippen LogP contribution is 2.20. The molecule has 0 aliphatic carbocycles. The number of sulfone groups is 1. The van der Waals surface area contributed by atoms with E-state index in [1.807, 2.05) is 18.3 Å². The highest BCUT2D eigenvalue weighted by atomic mass is 32.2. The predicted octanol–water partition coefficient (Wildman–Crippen LogP) is 0.0173. The molecule has 1 aliphatic rings. The van der Waals surface area contributed by atoms with Gasteiger partial charge < -0.3 is 14.8 Å². The van der Waals surface area contributed by atoms with Crippen LogP contribution in [0.1, 0.15) is 18.5 Å². The SMILES string of the molecule is CNC(=O)CC1CN(C(=O)CCS(C)(=O)=O)Cc2cccn2C1. The number of carbonyl (C=O) groups is 2. The second-order valence-electron chi connectivity index (χ2n) is 6.05. The fraction of sp³-hybridized carbons (Fsp3) is 0.600. The fourth-order valence-corrected chi connectivity index (χ4v) is 3.34. The highest BCUT2D eigenvalue weighted by molar-refractivity contribution is 7.90. The second kappa shape index (κ2) is 7.16. The van der Waals surface area contributed by atoms with Crippen LogP contribution in [0.2, 0.25) is 0 Å². The van der Waals surface area contributed by atoms with Crippen molar-refractivity contribution in [3.63, 3.8) is 0 Å². The van der Waals surface area contributed by atoms with Gasteiger partial charge in [0.15, 0.2) is 0 Å². The molecule has 128 valence electrons. The third kappa shape index (κ3) is 5.09. The van der Waals surface area contributed by atoms with Gasteiger partial charge >= 0.3 is 0 Å². The molecule has 0 radical (unpaired) electrons. The van der Waals surface area contributed by atoms with Gasteiger partial charge in [-0.3, -0.25) is 9.59 Å². The van der Waals surface area contributed by atoms with E-state index in [0.717, 1.165) is 11.9 Å². The van der Waals surface area contributed by atoms with E-state index < -0.39 is 9.84 Å². The van der Waals surface area contributed by atoms with Gasteiger partial charge in [0.05, 0.1) is 12.3 Å². The Hall–Kier alpha value is -1.83. The molecule has 0 saturated heterocycles. The largest absolute Gasteiger partial charge is 0.359 e. The van der Waals surface area contributed by atoms with Crippen molar-refractivity contribution in [2.45, 2.75) is 25.9 Å². The van der Waals surface area contributed by atoms with Gasteiger partial charge in [-0.25, -0.2) is 8.42 Å². The summed E-state index contributed by atoms with van der Waals surface area (Å²) >= 11 is 0. The monoisotopic (exact) mass is 341 g/mol. The first-order valence-corrected chi connectivity index (χ1v) is 9.64. The Bertz CT molecular complexity index is 681. The molecular weight excluding hydrogens is 318 g/mol. The van der Waals surface area contributed by atoms with Crippen molar-refractivity contribution in [3.05, 3.63) is 24.0 Å². The van der Waals surface area contributed by atoms with E-state index in [1.54, 1.807) is 11.9 Å². The molecule has 2 amide bonds. The van der Waals surface area contributed by atoms with E-state index in [0.29, 0.717) is 26.1 Å². The Morgan fingerprint density at radius 3 is 2.74 bits per heavy atom.